The van der Waals surface area contributed by atoms with E-state index in [0.29, 0.717) is 12.8 Å². The Labute approximate surface area is 133 Å². The maximum atomic E-state index is 12.5. The van der Waals surface area contributed by atoms with Crippen molar-refractivity contribution >= 4 is 27.3 Å². The third-order valence-electron chi connectivity index (χ3n) is 3.67. The van der Waals surface area contributed by atoms with Gasteiger partial charge in [0.05, 0.1) is 16.0 Å². The summed E-state index contributed by atoms with van der Waals surface area (Å²) >= 11 is 5.87. The van der Waals surface area contributed by atoms with Gasteiger partial charge in [-0.2, -0.15) is 9.98 Å². The van der Waals surface area contributed by atoms with Gasteiger partial charge in [-0.1, -0.05) is 30.9 Å². The van der Waals surface area contributed by atoms with Crippen LogP contribution in [0.1, 0.15) is 32.1 Å². The third kappa shape index (κ3) is 3.38. The van der Waals surface area contributed by atoms with Crippen LogP contribution in [0.15, 0.2) is 23.1 Å². The molecule has 1 fully saturated rings. The van der Waals surface area contributed by atoms with E-state index < -0.39 is 20.5 Å². The van der Waals surface area contributed by atoms with Crippen molar-refractivity contribution in [1.82, 2.24) is 4.72 Å². The number of sulfonamides is 1. The molecule has 1 aromatic rings. The lowest BCUT2D eigenvalue weighted by Crippen LogP contribution is -2.48. The highest BCUT2D eigenvalue weighted by Crippen LogP contribution is 2.32. The molecule has 1 aromatic carbocycles. The van der Waals surface area contributed by atoms with Crippen molar-refractivity contribution in [3.05, 3.63) is 33.3 Å². The highest BCUT2D eigenvalue weighted by Gasteiger charge is 2.37. The number of nitrogens with one attached hydrogen (secondary N) is 1. The minimum Gasteiger partial charge on any atom is -0.258 e. The SMILES string of the molecule is N#CC1(NS(=O)(=O)c2cc([N+](=O)[O-])ccc2Cl)CCCCC1. The summed E-state index contributed by atoms with van der Waals surface area (Å²) in [4.78, 5) is 9.71. The number of non-ortho nitro benzene ring substituents is 1. The average Bonchev–Trinajstić information content (AvgIpc) is 2.47. The number of rotatable bonds is 4. The van der Waals surface area contributed by atoms with Crippen LogP contribution in [0.4, 0.5) is 5.69 Å². The number of halogens is 1. The van der Waals surface area contributed by atoms with Crippen molar-refractivity contribution in [2.45, 2.75) is 42.5 Å². The van der Waals surface area contributed by atoms with Crippen molar-refractivity contribution in [2.24, 2.45) is 0 Å². The molecule has 1 aliphatic carbocycles. The number of hydrogen-bond donors (Lipinski definition) is 1. The van der Waals surface area contributed by atoms with Crippen molar-refractivity contribution in [2.75, 3.05) is 0 Å². The minimum atomic E-state index is -4.13. The fraction of sp³-hybridized carbons (Fsp3) is 0.462. The summed E-state index contributed by atoms with van der Waals surface area (Å²) in [6.45, 7) is 0. The van der Waals surface area contributed by atoms with E-state index in [2.05, 4.69) is 4.72 Å². The van der Waals surface area contributed by atoms with E-state index in [9.17, 15) is 23.8 Å². The van der Waals surface area contributed by atoms with Crippen LogP contribution < -0.4 is 4.72 Å². The number of nitro benzene ring substituents is 1. The molecule has 0 atom stereocenters. The van der Waals surface area contributed by atoms with Gasteiger partial charge in [0.1, 0.15) is 10.4 Å². The van der Waals surface area contributed by atoms with Gasteiger partial charge in [-0.15, -0.1) is 0 Å². The zero-order chi connectivity index (χ0) is 16.4. The lowest BCUT2D eigenvalue weighted by molar-refractivity contribution is -0.385. The molecule has 0 unspecified atom stereocenters. The Kier molecular flexibility index (Phi) is 4.70. The highest BCUT2D eigenvalue weighted by atomic mass is 35.5. The van der Waals surface area contributed by atoms with Crippen LogP contribution in [0.3, 0.4) is 0 Å². The molecule has 118 valence electrons. The topological polar surface area (TPSA) is 113 Å². The molecule has 2 rings (SSSR count). The summed E-state index contributed by atoms with van der Waals surface area (Å²) in [5, 5.41) is 20.0. The standard InChI is InChI=1S/C13H14ClN3O4S/c14-11-5-4-10(17(18)19)8-12(11)22(20,21)16-13(9-15)6-2-1-3-7-13/h4-5,8,16H,1-3,6-7H2. The molecule has 0 aromatic heterocycles. The number of nitro groups is 1. The molecule has 1 saturated carbocycles. The van der Waals surface area contributed by atoms with Crippen LogP contribution in [0.2, 0.25) is 5.02 Å². The van der Waals surface area contributed by atoms with Crippen LogP contribution in [0, 0.1) is 21.4 Å². The fourth-order valence-corrected chi connectivity index (χ4v) is 4.41. The Morgan fingerprint density at radius 3 is 2.50 bits per heavy atom. The second-order valence-electron chi connectivity index (χ2n) is 5.23. The first-order valence-corrected chi connectivity index (χ1v) is 8.55. The number of benzene rings is 1. The number of hydrogen-bond acceptors (Lipinski definition) is 5. The van der Waals surface area contributed by atoms with Crippen LogP contribution >= 0.6 is 11.6 Å². The van der Waals surface area contributed by atoms with Gasteiger partial charge in [0.2, 0.25) is 10.0 Å². The van der Waals surface area contributed by atoms with Crippen molar-refractivity contribution in [3.8, 4) is 6.07 Å². The van der Waals surface area contributed by atoms with Gasteiger partial charge in [-0.25, -0.2) is 8.42 Å². The van der Waals surface area contributed by atoms with E-state index in [1.165, 1.54) is 0 Å². The van der Waals surface area contributed by atoms with Crippen LogP contribution in [0.5, 0.6) is 0 Å². The molecule has 1 N–H and O–H groups in total. The molecule has 0 amide bonds. The molecule has 0 radical (unpaired) electrons. The summed E-state index contributed by atoms with van der Waals surface area (Å²) in [6, 6.07) is 5.22. The molecule has 0 saturated heterocycles. The molecular weight excluding hydrogens is 330 g/mol. The highest BCUT2D eigenvalue weighted by molar-refractivity contribution is 7.89. The monoisotopic (exact) mass is 343 g/mol. The first-order chi connectivity index (χ1) is 10.3. The number of nitrogens with zero attached hydrogens (tertiary/aromatic N) is 2. The predicted molar refractivity (Wildman–Crippen MR) is 79.9 cm³/mol. The summed E-state index contributed by atoms with van der Waals surface area (Å²) < 4.78 is 27.4. The maximum absolute atomic E-state index is 12.5. The summed E-state index contributed by atoms with van der Waals surface area (Å²) in [5.74, 6) is 0. The largest absolute Gasteiger partial charge is 0.270 e. The van der Waals surface area contributed by atoms with E-state index in [-0.39, 0.29) is 15.6 Å². The molecule has 0 heterocycles. The zero-order valence-corrected chi connectivity index (χ0v) is 13.2. The van der Waals surface area contributed by atoms with Gasteiger partial charge in [0, 0.05) is 12.1 Å². The van der Waals surface area contributed by atoms with E-state index in [0.717, 1.165) is 37.5 Å². The predicted octanol–water partition coefficient (Wildman–Crippen LogP) is 2.75. The zero-order valence-electron chi connectivity index (χ0n) is 11.6. The smallest absolute Gasteiger partial charge is 0.258 e. The van der Waals surface area contributed by atoms with Crippen molar-refractivity contribution in [1.29, 1.82) is 5.26 Å². The first kappa shape index (κ1) is 16.7. The average molecular weight is 344 g/mol. The van der Waals surface area contributed by atoms with Gasteiger partial charge in [-0.3, -0.25) is 10.1 Å². The van der Waals surface area contributed by atoms with Gasteiger partial charge >= 0.3 is 0 Å². The minimum absolute atomic E-state index is 0.123. The summed E-state index contributed by atoms with van der Waals surface area (Å²) in [6.07, 6.45) is 3.27. The van der Waals surface area contributed by atoms with E-state index in [4.69, 9.17) is 11.6 Å². The van der Waals surface area contributed by atoms with Crippen LogP contribution in [-0.4, -0.2) is 18.9 Å². The Balaban J connectivity index is 2.40. The van der Waals surface area contributed by atoms with Gasteiger partial charge in [0.15, 0.2) is 0 Å². The molecule has 22 heavy (non-hydrogen) atoms. The van der Waals surface area contributed by atoms with Crippen LogP contribution in [0.25, 0.3) is 0 Å². The number of nitriles is 1. The Morgan fingerprint density at radius 2 is 1.95 bits per heavy atom. The van der Waals surface area contributed by atoms with E-state index in [1.807, 2.05) is 6.07 Å². The normalized spacial score (nSPS) is 17.6. The Hall–Kier alpha value is -1.69. The van der Waals surface area contributed by atoms with Gasteiger partial charge in [0.25, 0.3) is 5.69 Å². The molecule has 0 aliphatic heterocycles. The molecule has 0 spiro atoms. The van der Waals surface area contributed by atoms with Crippen molar-refractivity contribution < 1.29 is 13.3 Å². The Bertz CT molecular complexity index is 736. The van der Waals surface area contributed by atoms with Crippen LogP contribution in [-0.2, 0) is 10.0 Å². The summed E-state index contributed by atoms with van der Waals surface area (Å²) in [7, 11) is -4.13. The van der Waals surface area contributed by atoms with Crippen molar-refractivity contribution in [3.63, 3.8) is 0 Å². The van der Waals surface area contributed by atoms with Gasteiger partial charge < -0.3 is 0 Å². The lowest BCUT2D eigenvalue weighted by Gasteiger charge is -2.31. The van der Waals surface area contributed by atoms with E-state index >= 15 is 0 Å². The molecule has 0 bridgehead atoms. The van der Waals surface area contributed by atoms with E-state index in [1.54, 1.807) is 0 Å². The molecular formula is C13H14ClN3O4S. The second kappa shape index (κ2) is 6.20. The fourth-order valence-electron chi connectivity index (χ4n) is 2.52. The third-order valence-corrected chi connectivity index (χ3v) is 5.68. The molecule has 7 nitrogen and oxygen atoms in total. The lowest BCUT2D eigenvalue weighted by atomic mass is 9.84. The quantitative estimate of drug-likeness (QED) is 0.667. The first-order valence-electron chi connectivity index (χ1n) is 6.69. The Morgan fingerprint density at radius 1 is 1.32 bits per heavy atom. The maximum Gasteiger partial charge on any atom is 0.270 e. The molecule has 9 heteroatoms. The second-order valence-corrected chi connectivity index (χ2v) is 7.29. The molecule has 1 aliphatic rings. The van der Waals surface area contributed by atoms with Gasteiger partial charge in [-0.05, 0) is 18.9 Å². The summed E-state index contributed by atoms with van der Waals surface area (Å²) in [5.41, 5.74) is -1.55.